The number of amides is 2. The van der Waals surface area contributed by atoms with Gasteiger partial charge < -0.3 is 34.9 Å². The zero-order valence-electron chi connectivity index (χ0n) is 24.8. The van der Waals surface area contributed by atoms with Gasteiger partial charge in [-0.05, 0) is 61.6 Å². The molecule has 0 bridgehead atoms. The molecule has 13 heteroatoms. The van der Waals surface area contributed by atoms with E-state index in [1.807, 2.05) is 6.07 Å². The van der Waals surface area contributed by atoms with Crippen LogP contribution in [0.2, 0.25) is 0 Å². The number of rotatable bonds is 10. The van der Waals surface area contributed by atoms with Crippen LogP contribution in [0.5, 0.6) is 17.2 Å². The van der Waals surface area contributed by atoms with Crippen LogP contribution in [0.1, 0.15) is 54.8 Å². The van der Waals surface area contributed by atoms with Crippen LogP contribution in [0, 0.1) is 0 Å². The van der Waals surface area contributed by atoms with E-state index in [-0.39, 0.29) is 34.5 Å². The highest BCUT2D eigenvalue weighted by Gasteiger charge is 2.29. The molecule has 0 radical (unpaired) electrons. The number of anilines is 2. The molecule has 0 aliphatic heterocycles. The Morgan fingerprint density at radius 1 is 1.09 bits per heavy atom. The van der Waals surface area contributed by atoms with Crippen molar-refractivity contribution in [1.82, 2.24) is 10.3 Å². The van der Waals surface area contributed by atoms with Crippen molar-refractivity contribution >= 4 is 39.9 Å². The van der Waals surface area contributed by atoms with Gasteiger partial charge in [-0.15, -0.1) is 11.3 Å². The van der Waals surface area contributed by atoms with Crippen molar-refractivity contribution in [3.05, 3.63) is 56.7 Å². The van der Waals surface area contributed by atoms with Crippen LogP contribution in [0.3, 0.4) is 0 Å². The Bertz CT molecular complexity index is 1610. The normalized spacial score (nSPS) is 14.2. The first-order valence-corrected chi connectivity index (χ1v) is 14.5. The van der Waals surface area contributed by atoms with Crippen molar-refractivity contribution in [1.29, 1.82) is 0 Å². The number of hydrogen-bond donors (Lipinski definition) is 3. The molecular formula is C30H34N4O8S. The smallest absolute Gasteiger partial charge is 0.357 e. The molecule has 2 unspecified atom stereocenters. The number of aromatic nitrogens is 1. The fraction of sp³-hybridized carbons (Fsp3) is 0.367. The monoisotopic (exact) mass is 610 g/mol. The quantitative estimate of drug-likeness (QED) is 0.288. The van der Waals surface area contributed by atoms with Crippen molar-refractivity contribution in [2.24, 2.45) is 0 Å². The highest BCUT2D eigenvalue weighted by atomic mass is 32.1. The van der Waals surface area contributed by atoms with Crippen molar-refractivity contribution in [2.45, 2.75) is 45.7 Å². The minimum atomic E-state index is -0.845. The summed E-state index contributed by atoms with van der Waals surface area (Å²) in [6, 6.07) is 5.41. The number of esters is 1. The second kappa shape index (κ2) is 13.6. The molecule has 12 nitrogen and oxygen atoms in total. The number of nitrogens with one attached hydrogen (secondary N) is 3. The van der Waals surface area contributed by atoms with E-state index in [1.165, 1.54) is 32.6 Å². The average molecular weight is 611 g/mol. The molecule has 2 aromatic carbocycles. The van der Waals surface area contributed by atoms with Crippen LogP contribution in [0.25, 0.3) is 11.1 Å². The molecule has 2 amide bonds. The third kappa shape index (κ3) is 6.72. The third-order valence-corrected chi connectivity index (χ3v) is 7.66. The number of benzene rings is 1. The Balaban J connectivity index is 1.73. The van der Waals surface area contributed by atoms with Crippen LogP contribution < -0.4 is 35.6 Å². The highest BCUT2D eigenvalue weighted by molar-refractivity contribution is 7.14. The van der Waals surface area contributed by atoms with E-state index >= 15 is 0 Å². The van der Waals surface area contributed by atoms with Crippen LogP contribution in [-0.2, 0) is 20.7 Å². The fourth-order valence-electron chi connectivity index (χ4n) is 4.97. The summed E-state index contributed by atoms with van der Waals surface area (Å²) in [5.41, 5.74) is 2.78. The number of nitrogens with zero attached hydrogens (tertiary/aromatic N) is 1. The molecule has 0 spiro atoms. The first kappa shape index (κ1) is 31.3. The molecule has 1 aliphatic rings. The van der Waals surface area contributed by atoms with Gasteiger partial charge in [-0.3, -0.25) is 14.4 Å². The van der Waals surface area contributed by atoms with Gasteiger partial charge in [0, 0.05) is 17.9 Å². The SMILES string of the molecule is CCOC(=O)c1csc(NC(=O)C(C)Nc2ccc3c(cc2=O)C(NC(C)=O)CCc2cc(OC)c(OC)c(OC)c2-3)n1. The maximum Gasteiger partial charge on any atom is 0.357 e. The van der Waals surface area contributed by atoms with E-state index in [1.54, 1.807) is 33.1 Å². The first-order chi connectivity index (χ1) is 20.6. The lowest BCUT2D eigenvalue weighted by Gasteiger charge is -2.19. The van der Waals surface area contributed by atoms with Gasteiger partial charge in [0.25, 0.3) is 0 Å². The zero-order valence-corrected chi connectivity index (χ0v) is 25.6. The van der Waals surface area contributed by atoms with E-state index in [4.69, 9.17) is 18.9 Å². The van der Waals surface area contributed by atoms with Gasteiger partial charge in [0.15, 0.2) is 22.3 Å². The molecule has 3 aromatic rings. The summed E-state index contributed by atoms with van der Waals surface area (Å²) in [6.07, 6.45) is 1.09. The molecule has 1 heterocycles. The molecule has 0 saturated carbocycles. The van der Waals surface area contributed by atoms with Crippen LogP contribution in [0.15, 0.2) is 34.4 Å². The van der Waals surface area contributed by atoms with Crippen LogP contribution >= 0.6 is 11.3 Å². The molecule has 228 valence electrons. The second-order valence-electron chi connectivity index (χ2n) is 9.71. The van der Waals surface area contributed by atoms with E-state index in [2.05, 4.69) is 20.9 Å². The van der Waals surface area contributed by atoms with E-state index in [0.717, 1.165) is 22.5 Å². The van der Waals surface area contributed by atoms with Crippen molar-refractivity contribution < 1.29 is 33.3 Å². The Labute approximate surface area is 252 Å². The molecule has 0 fully saturated rings. The number of carbonyl (C=O) groups is 3. The number of methoxy groups -OCH3 is 3. The number of aryl methyl sites for hydroxylation is 1. The highest BCUT2D eigenvalue weighted by Crippen LogP contribution is 2.50. The average Bonchev–Trinajstić information content (AvgIpc) is 3.33. The Kier molecular flexibility index (Phi) is 9.86. The predicted octanol–water partition coefficient (Wildman–Crippen LogP) is 3.94. The Hall–Kier alpha value is -4.65. The molecule has 1 aromatic heterocycles. The fourth-order valence-corrected chi connectivity index (χ4v) is 5.65. The Morgan fingerprint density at radius 2 is 1.84 bits per heavy atom. The van der Waals surface area contributed by atoms with Crippen molar-refractivity contribution in [2.75, 3.05) is 38.6 Å². The zero-order chi connectivity index (χ0) is 31.3. The van der Waals surface area contributed by atoms with E-state index in [0.29, 0.717) is 41.2 Å². The minimum absolute atomic E-state index is 0.0971. The Morgan fingerprint density at radius 3 is 2.49 bits per heavy atom. The number of hydrogen-bond acceptors (Lipinski definition) is 11. The molecule has 3 N–H and O–H groups in total. The van der Waals surface area contributed by atoms with Gasteiger partial charge in [0.2, 0.25) is 23.0 Å². The maximum absolute atomic E-state index is 13.5. The van der Waals surface area contributed by atoms with Gasteiger partial charge in [0.1, 0.15) is 6.04 Å². The first-order valence-electron chi connectivity index (χ1n) is 13.6. The summed E-state index contributed by atoms with van der Waals surface area (Å²) in [7, 11) is 4.59. The van der Waals surface area contributed by atoms with Gasteiger partial charge in [0.05, 0.1) is 39.7 Å². The van der Waals surface area contributed by atoms with E-state index < -0.39 is 24.0 Å². The standard InChI is InChI=1S/C30H34N4O8S/c1-7-42-29(38)22-14-43-30(33-22)34-28(37)15(2)31-21-11-9-18-19(13-23(21)36)20(32-16(3)35)10-8-17-12-24(39-4)26(40-5)27(41-6)25(17)18/h9,11-15,20H,7-8,10H2,1-6H3,(H,31,36)(H,32,35)(H,33,34,37). The molecule has 4 rings (SSSR count). The van der Waals surface area contributed by atoms with Crippen molar-refractivity contribution in [3.63, 3.8) is 0 Å². The summed E-state index contributed by atoms with van der Waals surface area (Å²) in [4.78, 5) is 54.6. The summed E-state index contributed by atoms with van der Waals surface area (Å²) in [6.45, 7) is 4.93. The van der Waals surface area contributed by atoms with Crippen molar-refractivity contribution in [3.8, 4) is 28.4 Å². The largest absolute Gasteiger partial charge is 0.493 e. The summed E-state index contributed by atoms with van der Waals surface area (Å²) >= 11 is 1.08. The van der Waals surface area contributed by atoms with Gasteiger partial charge >= 0.3 is 5.97 Å². The van der Waals surface area contributed by atoms with E-state index in [9.17, 15) is 19.2 Å². The molecule has 43 heavy (non-hydrogen) atoms. The predicted molar refractivity (Wildman–Crippen MR) is 162 cm³/mol. The lowest BCUT2D eigenvalue weighted by molar-refractivity contribution is -0.119. The third-order valence-electron chi connectivity index (χ3n) is 6.90. The summed E-state index contributed by atoms with van der Waals surface area (Å²) < 4.78 is 21.9. The molecule has 2 atom stereocenters. The maximum atomic E-state index is 13.5. The number of thiazole rings is 1. The lowest BCUT2D eigenvalue weighted by atomic mass is 9.95. The van der Waals surface area contributed by atoms with Gasteiger partial charge in [-0.25, -0.2) is 9.78 Å². The van der Waals surface area contributed by atoms with Crippen LogP contribution in [0.4, 0.5) is 10.8 Å². The van der Waals surface area contributed by atoms with Crippen LogP contribution in [-0.4, -0.2) is 56.7 Å². The number of ether oxygens (including phenoxy) is 4. The molecule has 0 saturated heterocycles. The molecular weight excluding hydrogens is 576 g/mol. The van der Waals surface area contributed by atoms with Gasteiger partial charge in [-0.2, -0.15) is 0 Å². The summed E-state index contributed by atoms with van der Waals surface area (Å²) in [5.74, 6) is 0.0627. The summed E-state index contributed by atoms with van der Waals surface area (Å²) in [5, 5.41) is 10.3. The number of fused-ring (bicyclic) bond motifs is 3. The number of carbonyl (C=O) groups excluding carboxylic acids is 3. The topological polar surface area (TPSA) is 154 Å². The lowest BCUT2D eigenvalue weighted by Crippen LogP contribution is -2.33. The van der Waals surface area contributed by atoms with Gasteiger partial charge in [-0.1, -0.05) is 6.07 Å². The minimum Gasteiger partial charge on any atom is -0.493 e. The second-order valence-corrected chi connectivity index (χ2v) is 10.6. The molecule has 1 aliphatic carbocycles.